The zero-order valence-electron chi connectivity index (χ0n) is 20.5. The number of nitrogens with two attached hydrogens (primary N) is 1. The van der Waals surface area contributed by atoms with Gasteiger partial charge in [-0.2, -0.15) is 0 Å². The first-order chi connectivity index (χ1) is 15.4. The summed E-state index contributed by atoms with van der Waals surface area (Å²) in [5, 5.41) is 3.73. The number of hydrogen-bond donors (Lipinski definition) is 2. The lowest BCUT2D eigenvalue weighted by Crippen LogP contribution is -2.37. The second-order valence-corrected chi connectivity index (χ2v) is 16.0. The van der Waals surface area contributed by atoms with Crippen LogP contribution in [0.25, 0.3) is 16.9 Å². The lowest BCUT2D eigenvalue weighted by molar-refractivity contribution is 0.0524. The van der Waals surface area contributed by atoms with Crippen LogP contribution in [0.4, 0.5) is 4.79 Å². The summed E-state index contributed by atoms with van der Waals surface area (Å²) in [6.07, 6.45) is 4.96. The number of hydrogen-bond acceptors (Lipinski definition) is 6. The molecule has 0 radical (unpaired) electrons. The number of alkyl carbamates (subject to hydrolysis) is 1. The third-order valence-corrected chi connectivity index (χ3v) is 6.64. The lowest BCUT2D eigenvalue weighted by Gasteiger charge is -2.21. The molecule has 3 aromatic heterocycles. The maximum Gasteiger partial charge on any atom is 0.407 e. The van der Waals surface area contributed by atoms with Gasteiger partial charge in [0.15, 0.2) is 0 Å². The van der Waals surface area contributed by atoms with E-state index in [0.29, 0.717) is 18.4 Å². The topological polar surface area (TPSA) is 109 Å². The summed E-state index contributed by atoms with van der Waals surface area (Å²) in [5.41, 5.74) is 6.59. The number of carbonyl (C=O) groups excluding carboxylic acids is 1. The van der Waals surface area contributed by atoms with E-state index in [0.717, 1.165) is 23.7 Å². The summed E-state index contributed by atoms with van der Waals surface area (Å²) in [7, 11) is -1.13. The third kappa shape index (κ3) is 7.14. The van der Waals surface area contributed by atoms with Crippen LogP contribution in [-0.4, -0.2) is 52.0 Å². The van der Waals surface area contributed by atoms with Crippen LogP contribution >= 0.6 is 0 Å². The Hall–Kier alpha value is -2.69. The normalized spacial score (nSPS) is 13.3. The second-order valence-electron chi connectivity index (χ2n) is 10.4. The van der Waals surface area contributed by atoms with Gasteiger partial charge in [-0.05, 0) is 45.0 Å². The van der Waals surface area contributed by atoms with E-state index in [1.165, 1.54) is 0 Å². The number of aromatic nitrogens is 4. The van der Waals surface area contributed by atoms with Gasteiger partial charge in [0.2, 0.25) is 0 Å². The number of rotatable bonds is 9. The van der Waals surface area contributed by atoms with Gasteiger partial charge in [-0.1, -0.05) is 19.6 Å². The molecule has 0 bridgehead atoms. The van der Waals surface area contributed by atoms with Crippen LogP contribution in [0.3, 0.4) is 0 Å². The first-order valence-corrected chi connectivity index (χ1v) is 14.9. The Morgan fingerprint density at radius 2 is 1.97 bits per heavy atom. The van der Waals surface area contributed by atoms with E-state index in [9.17, 15) is 4.79 Å². The molecule has 0 saturated carbocycles. The van der Waals surface area contributed by atoms with Crippen LogP contribution in [0.2, 0.25) is 25.7 Å². The fourth-order valence-electron chi connectivity index (χ4n) is 3.21. The van der Waals surface area contributed by atoms with Crippen LogP contribution in [0.15, 0.2) is 36.8 Å². The van der Waals surface area contributed by atoms with Gasteiger partial charge in [-0.25, -0.2) is 14.8 Å². The number of carbonyl (C=O) groups is 1. The minimum Gasteiger partial charge on any atom is -0.444 e. The van der Waals surface area contributed by atoms with Gasteiger partial charge in [-0.3, -0.25) is 4.57 Å². The average molecular weight is 473 g/mol. The van der Waals surface area contributed by atoms with E-state index >= 15 is 0 Å². The molecule has 3 rings (SSSR count). The van der Waals surface area contributed by atoms with Crippen molar-refractivity contribution in [2.45, 2.75) is 64.8 Å². The van der Waals surface area contributed by atoms with Crippen molar-refractivity contribution in [2.75, 3.05) is 13.2 Å². The molecule has 9 nitrogen and oxygen atoms in total. The first-order valence-electron chi connectivity index (χ1n) is 11.2. The molecular formula is C23H36N6O3Si. The summed E-state index contributed by atoms with van der Waals surface area (Å²) in [6.45, 7) is 13.9. The van der Waals surface area contributed by atoms with Gasteiger partial charge in [-0.15, -0.1) is 0 Å². The molecule has 0 aliphatic heterocycles. The molecule has 1 atom stereocenters. The van der Waals surface area contributed by atoms with Crippen molar-refractivity contribution < 1.29 is 14.3 Å². The molecule has 0 aliphatic carbocycles. The smallest absolute Gasteiger partial charge is 0.407 e. The molecule has 0 fully saturated rings. The molecule has 10 heteroatoms. The number of amides is 1. The fourth-order valence-corrected chi connectivity index (χ4v) is 3.97. The van der Waals surface area contributed by atoms with Crippen LogP contribution in [-0.2, 0) is 16.2 Å². The first kappa shape index (κ1) is 24.9. The summed E-state index contributed by atoms with van der Waals surface area (Å²) in [5.74, 6) is 1.30. The van der Waals surface area contributed by atoms with Crippen molar-refractivity contribution in [3.8, 4) is 5.82 Å². The molecule has 3 aromatic rings. The molecule has 1 amide bonds. The zero-order chi connectivity index (χ0) is 24.2. The van der Waals surface area contributed by atoms with Gasteiger partial charge in [0.05, 0.1) is 6.04 Å². The van der Waals surface area contributed by atoms with E-state index in [1.54, 1.807) is 6.20 Å². The molecule has 0 aliphatic rings. The van der Waals surface area contributed by atoms with Crippen molar-refractivity contribution in [3.63, 3.8) is 0 Å². The lowest BCUT2D eigenvalue weighted by atomic mass is 10.2. The molecule has 0 saturated heterocycles. The summed E-state index contributed by atoms with van der Waals surface area (Å²) in [4.78, 5) is 21.2. The Labute approximate surface area is 196 Å². The number of imidazole rings is 1. The van der Waals surface area contributed by atoms with Crippen molar-refractivity contribution in [1.82, 2.24) is 24.4 Å². The molecule has 0 spiro atoms. The average Bonchev–Trinajstić information content (AvgIpc) is 3.34. The molecule has 0 aromatic carbocycles. The molecule has 3 N–H and O–H groups in total. The van der Waals surface area contributed by atoms with Crippen LogP contribution in [0.1, 0.15) is 32.6 Å². The van der Waals surface area contributed by atoms with Gasteiger partial charge in [0.25, 0.3) is 0 Å². The number of pyridine rings is 1. The minimum atomic E-state index is -1.13. The number of ether oxygens (including phenoxy) is 2. The number of nitrogens with zero attached hydrogens (tertiary/aromatic N) is 4. The zero-order valence-corrected chi connectivity index (χ0v) is 21.5. The van der Waals surface area contributed by atoms with Gasteiger partial charge < -0.3 is 25.1 Å². The highest BCUT2D eigenvalue weighted by molar-refractivity contribution is 6.76. The Bertz CT molecular complexity index is 1080. The van der Waals surface area contributed by atoms with Crippen molar-refractivity contribution in [1.29, 1.82) is 0 Å². The van der Waals surface area contributed by atoms with Gasteiger partial charge in [0.1, 0.15) is 29.6 Å². The van der Waals surface area contributed by atoms with E-state index in [2.05, 4.69) is 29.9 Å². The quantitative estimate of drug-likeness (QED) is 0.359. The molecular weight excluding hydrogens is 436 g/mol. The monoisotopic (exact) mass is 472 g/mol. The van der Waals surface area contributed by atoms with Crippen molar-refractivity contribution in [3.05, 3.63) is 42.6 Å². The van der Waals surface area contributed by atoms with Crippen LogP contribution in [0, 0.1) is 0 Å². The van der Waals surface area contributed by atoms with Crippen LogP contribution in [0.5, 0.6) is 0 Å². The Balaban J connectivity index is 1.71. The minimum absolute atomic E-state index is 0.190. The van der Waals surface area contributed by atoms with Crippen molar-refractivity contribution >= 4 is 25.2 Å². The number of nitrogens with one attached hydrogen (secondary N) is 1. The van der Waals surface area contributed by atoms with Crippen LogP contribution < -0.4 is 11.1 Å². The standard InChI is InChI=1S/C23H36N6O3Si/c1-23(2,3)32-22(30)26-15-18(24)21-25-10-12-29(21)19-8-7-17-9-11-28(20(17)27-19)16-31-13-14-33(4,5)6/h7-12,18H,13-16,24H2,1-6H3,(H,26,30)/t18-/m0/s1. The SMILES string of the molecule is CC(C)(C)OC(=O)NC[C@H](N)c1nccn1-c1ccc2ccn(COCC[Si](C)(C)C)c2n1. The largest absolute Gasteiger partial charge is 0.444 e. The maximum atomic E-state index is 12.0. The number of fused-ring (bicyclic) bond motifs is 1. The van der Waals surface area contributed by atoms with E-state index in [1.807, 2.05) is 60.5 Å². The Morgan fingerprint density at radius 3 is 2.67 bits per heavy atom. The third-order valence-electron chi connectivity index (χ3n) is 4.94. The Morgan fingerprint density at radius 1 is 1.21 bits per heavy atom. The molecule has 0 unspecified atom stereocenters. The fraction of sp³-hybridized carbons (Fsp3) is 0.522. The predicted molar refractivity (Wildman–Crippen MR) is 132 cm³/mol. The second kappa shape index (κ2) is 10.1. The van der Waals surface area contributed by atoms with Gasteiger partial charge in [0, 0.05) is 45.2 Å². The highest BCUT2D eigenvalue weighted by atomic mass is 28.3. The summed E-state index contributed by atoms with van der Waals surface area (Å²) < 4.78 is 15.0. The van der Waals surface area contributed by atoms with Gasteiger partial charge >= 0.3 is 6.09 Å². The van der Waals surface area contributed by atoms with E-state index < -0.39 is 25.8 Å². The van der Waals surface area contributed by atoms with E-state index in [4.69, 9.17) is 20.2 Å². The summed E-state index contributed by atoms with van der Waals surface area (Å²) >= 11 is 0. The van der Waals surface area contributed by atoms with Crippen molar-refractivity contribution in [2.24, 2.45) is 5.73 Å². The molecule has 3 heterocycles. The molecule has 33 heavy (non-hydrogen) atoms. The summed E-state index contributed by atoms with van der Waals surface area (Å²) in [6, 6.07) is 6.57. The maximum absolute atomic E-state index is 12.0. The highest BCUT2D eigenvalue weighted by Gasteiger charge is 2.19. The van der Waals surface area contributed by atoms with E-state index in [-0.39, 0.29) is 6.54 Å². The molecule has 180 valence electrons. The highest BCUT2D eigenvalue weighted by Crippen LogP contribution is 2.19. The Kier molecular flexibility index (Phi) is 7.61. The predicted octanol–water partition coefficient (Wildman–Crippen LogP) is 4.06.